The molecule has 0 spiro atoms. The molecule has 0 radical (unpaired) electrons. The number of carbonyl (C=O) groups is 1. The van der Waals surface area contributed by atoms with Crippen molar-refractivity contribution >= 4 is 23.3 Å². The second-order valence-electron chi connectivity index (χ2n) is 5.19. The van der Waals surface area contributed by atoms with Gasteiger partial charge in [0.25, 0.3) is 5.91 Å². The number of amides is 1. The molecule has 0 bridgehead atoms. The van der Waals surface area contributed by atoms with E-state index in [1.54, 1.807) is 6.07 Å². The van der Waals surface area contributed by atoms with E-state index in [4.69, 9.17) is 11.6 Å². The van der Waals surface area contributed by atoms with Gasteiger partial charge in [0.15, 0.2) is 0 Å². The fourth-order valence-corrected chi connectivity index (χ4v) is 1.58. The van der Waals surface area contributed by atoms with E-state index in [0.29, 0.717) is 16.4 Å². The molecular weight excluding hydrogens is 250 g/mol. The molecule has 0 saturated carbocycles. The fraction of sp³-hybridized carbons (Fsp3) is 0.538. The van der Waals surface area contributed by atoms with E-state index in [0.717, 1.165) is 13.0 Å². The van der Waals surface area contributed by atoms with Crippen LogP contribution in [0.3, 0.4) is 0 Å². The summed E-state index contributed by atoms with van der Waals surface area (Å²) in [5.41, 5.74) is 0.194. The highest BCUT2D eigenvalue weighted by Crippen LogP contribution is 2.20. The first-order valence-electron chi connectivity index (χ1n) is 6.05. The number of hydrogen-bond acceptors (Lipinski definition) is 3. The van der Waals surface area contributed by atoms with Crippen LogP contribution in [0.2, 0.25) is 5.02 Å². The van der Waals surface area contributed by atoms with Gasteiger partial charge in [-0.2, -0.15) is 0 Å². The van der Waals surface area contributed by atoms with Crippen molar-refractivity contribution in [1.82, 2.24) is 10.3 Å². The highest BCUT2D eigenvalue weighted by Gasteiger charge is 2.16. The number of nitrogens with one attached hydrogen (secondary N) is 2. The maximum absolute atomic E-state index is 11.9. The van der Waals surface area contributed by atoms with E-state index in [9.17, 15) is 4.79 Å². The largest absolute Gasteiger partial charge is 0.369 e. The minimum Gasteiger partial charge on any atom is -0.369 e. The first-order valence-corrected chi connectivity index (χ1v) is 6.43. The van der Waals surface area contributed by atoms with Gasteiger partial charge in [-0.15, -0.1) is 0 Å². The van der Waals surface area contributed by atoms with Crippen molar-refractivity contribution in [2.75, 3.05) is 11.9 Å². The molecule has 0 aromatic carbocycles. The van der Waals surface area contributed by atoms with Gasteiger partial charge in [-0.3, -0.25) is 4.79 Å². The van der Waals surface area contributed by atoms with Gasteiger partial charge in [0, 0.05) is 18.3 Å². The summed E-state index contributed by atoms with van der Waals surface area (Å²) in [4.78, 5) is 16.1. The Labute approximate surface area is 113 Å². The highest BCUT2D eigenvalue weighted by molar-refractivity contribution is 6.33. The van der Waals surface area contributed by atoms with E-state index < -0.39 is 0 Å². The SMILES string of the molecule is CCCNc1ncc(C(=O)NC(C)(C)C)cc1Cl. The number of carbonyl (C=O) groups excluding carboxylic acids is 1. The van der Waals surface area contributed by atoms with Gasteiger partial charge in [-0.1, -0.05) is 18.5 Å². The summed E-state index contributed by atoms with van der Waals surface area (Å²) in [5.74, 6) is 0.449. The van der Waals surface area contributed by atoms with Gasteiger partial charge in [0.2, 0.25) is 0 Å². The van der Waals surface area contributed by atoms with Gasteiger partial charge in [0.1, 0.15) is 5.82 Å². The molecule has 5 heteroatoms. The summed E-state index contributed by atoms with van der Waals surface area (Å²) in [7, 11) is 0. The number of halogens is 1. The average molecular weight is 270 g/mol. The minimum atomic E-state index is -0.275. The van der Waals surface area contributed by atoms with Crippen molar-refractivity contribution in [2.45, 2.75) is 39.7 Å². The molecule has 1 aromatic heterocycles. The molecule has 0 unspecified atom stereocenters. The number of aromatic nitrogens is 1. The molecule has 4 nitrogen and oxygen atoms in total. The zero-order valence-electron chi connectivity index (χ0n) is 11.3. The third-order valence-electron chi connectivity index (χ3n) is 2.13. The Hall–Kier alpha value is -1.29. The summed E-state index contributed by atoms with van der Waals surface area (Å²) < 4.78 is 0. The molecule has 0 atom stereocenters. The van der Waals surface area contributed by atoms with E-state index in [1.807, 2.05) is 20.8 Å². The molecule has 1 rings (SSSR count). The quantitative estimate of drug-likeness (QED) is 0.883. The zero-order valence-corrected chi connectivity index (χ0v) is 12.1. The Kier molecular flexibility index (Phi) is 4.96. The summed E-state index contributed by atoms with van der Waals surface area (Å²) in [6.07, 6.45) is 2.52. The molecule has 0 aliphatic heterocycles. The van der Waals surface area contributed by atoms with Gasteiger partial charge in [-0.05, 0) is 33.3 Å². The maximum atomic E-state index is 11.9. The van der Waals surface area contributed by atoms with E-state index in [1.165, 1.54) is 6.20 Å². The molecule has 18 heavy (non-hydrogen) atoms. The number of pyridine rings is 1. The van der Waals surface area contributed by atoms with Crippen LogP contribution in [-0.4, -0.2) is 23.0 Å². The Balaban J connectivity index is 2.80. The lowest BCUT2D eigenvalue weighted by molar-refractivity contribution is 0.0919. The maximum Gasteiger partial charge on any atom is 0.253 e. The van der Waals surface area contributed by atoms with Gasteiger partial charge in [0.05, 0.1) is 10.6 Å². The standard InChI is InChI=1S/C13H20ClN3O/c1-5-6-15-11-10(14)7-9(8-16-11)12(18)17-13(2,3)4/h7-8H,5-6H2,1-4H3,(H,15,16)(H,17,18). The monoisotopic (exact) mass is 269 g/mol. The van der Waals surface area contributed by atoms with Crippen molar-refractivity contribution in [3.05, 3.63) is 22.8 Å². The van der Waals surface area contributed by atoms with Crippen molar-refractivity contribution < 1.29 is 4.79 Å². The first-order chi connectivity index (χ1) is 8.33. The smallest absolute Gasteiger partial charge is 0.253 e. The summed E-state index contributed by atoms with van der Waals surface area (Å²) in [5, 5.41) is 6.43. The molecule has 0 fully saturated rings. The van der Waals surface area contributed by atoms with Crippen molar-refractivity contribution in [3.8, 4) is 0 Å². The molecule has 0 saturated heterocycles. The predicted octanol–water partition coefficient (Wildman–Crippen LogP) is 3.09. The van der Waals surface area contributed by atoms with Gasteiger partial charge in [-0.25, -0.2) is 4.98 Å². The minimum absolute atomic E-state index is 0.168. The van der Waals surface area contributed by atoms with Crippen molar-refractivity contribution in [1.29, 1.82) is 0 Å². The van der Waals surface area contributed by atoms with Crippen molar-refractivity contribution in [3.63, 3.8) is 0 Å². The van der Waals surface area contributed by atoms with E-state index in [2.05, 4.69) is 22.5 Å². The van der Waals surface area contributed by atoms with Crippen LogP contribution in [0.25, 0.3) is 0 Å². The lowest BCUT2D eigenvalue weighted by atomic mass is 10.1. The zero-order chi connectivity index (χ0) is 13.8. The van der Waals surface area contributed by atoms with Gasteiger partial charge >= 0.3 is 0 Å². The van der Waals surface area contributed by atoms with Crippen LogP contribution < -0.4 is 10.6 Å². The second-order valence-corrected chi connectivity index (χ2v) is 5.59. The van der Waals surface area contributed by atoms with E-state index in [-0.39, 0.29) is 11.4 Å². The second kappa shape index (κ2) is 6.05. The topological polar surface area (TPSA) is 54.0 Å². The third-order valence-corrected chi connectivity index (χ3v) is 2.42. The molecule has 1 amide bonds. The van der Waals surface area contributed by atoms with E-state index >= 15 is 0 Å². The molecule has 2 N–H and O–H groups in total. The molecular formula is C13H20ClN3O. The van der Waals surface area contributed by atoms with Crippen LogP contribution in [0.5, 0.6) is 0 Å². The Morgan fingerprint density at radius 1 is 1.44 bits per heavy atom. The molecule has 0 aliphatic carbocycles. The molecule has 1 heterocycles. The van der Waals surface area contributed by atoms with Crippen LogP contribution >= 0.6 is 11.6 Å². The van der Waals surface area contributed by atoms with Crippen LogP contribution in [0.1, 0.15) is 44.5 Å². The summed E-state index contributed by atoms with van der Waals surface area (Å²) in [6.45, 7) is 8.65. The average Bonchev–Trinajstić information content (AvgIpc) is 2.25. The highest BCUT2D eigenvalue weighted by atomic mass is 35.5. The Bertz CT molecular complexity index is 427. The summed E-state index contributed by atoms with van der Waals surface area (Å²) in [6, 6.07) is 1.63. The van der Waals surface area contributed by atoms with Crippen LogP contribution in [-0.2, 0) is 0 Å². The lowest BCUT2D eigenvalue weighted by Gasteiger charge is -2.20. The Morgan fingerprint density at radius 2 is 2.11 bits per heavy atom. The van der Waals surface area contributed by atoms with Crippen LogP contribution in [0.15, 0.2) is 12.3 Å². The molecule has 100 valence electrons. The number of hydrogen-bond donors (Lipinski definition) is 2. The van der Waals surface area contributed by atoms with Crippen LogP contribution in [0, 0.1) is 0 Å². The van der Waals surface area contributed by atoms with Gasteiger partial charge < -0.3 is 10.6 Å². The normalized spacial score (nSPS) is 11.2. The number of anilines is 1. The first kappa shape index (κ1) is 14.8. The number of nitrogens with zero attached hydrogens (tertiary/aromatic N) is 1. The van der Waals surface area contributed by atoms with Crippen molar-refractivity contribution in [2.24, 2.45) is 0 Å². The Morgan fingerprint density at radius 3 is 2.61 bits per heavy atom. The molecule has 1 aromatic rings. The molecule has 0 aliphatic rings. The number of rotatable bonds is 4. The van der Waals surface area contributed by atoms with Crippen LogP contribution in [0.4, 0.5) is 5.82 Å². The third kappa shape index (κ3) is 4.53. The predicted molar refractivity (Wildman–Crippen MR) is 75.2 cm³/mol. The lowest BCUT2D eigenvalue weighted by Crippen LogP contribution is -2.40. The summed E-state index contributed by atoms with van der Waals surface area (Å²) >= 11 is 6.08. The fourth-order valence-electron chi connectivity index (χ4n) is 1.35.